The molecule has 22 heavy (non-hydrogen) atoms. The molecule has 0 bridgehead atoms. The summed E-state index contributed by atoms with van der Waals surface area (Å²) in [5.41, 5.74) is 1.98. The molecule has 1 atom stereocenters. The molecular weight excluding hydrogens is 301 g/mol. The van der Waals surface area contributed by atoms with E-state index in [0.717, 1.165) is 40.4 Å². The fourth-order valence-corrected chi connectivity index (χ4v) is 3.88. The molecule has 6 heteroatoms. The lowest BCUT2D eigenvalue weighted by Crippen LogP contribution is -2.36. The molecule has 0 spiro atoms. The van der Waals surface area contributed by atoms with Crippen molar-refractivity contribution in [2.45, 2.75) is 25.3 Å². The number of rotatable bonds is 4. The molecule has 0 saturated carbocycles. The van der Waals surface area contributed by atoms with Crippen molar-refractivity contribution in [3.8, 4) is 10.6 Å². The van der Waals surface area contributed by atoms with Crippen LogP contribution in [0, 0.1) is 5.82 Å². The van der Waals surface area contributed by atoms with Crippen LogP contribution in [0.4, 0.5) is 4.39 Å². The molecule has 2 aromatic rings. The largest absolute Gasteiger partial charge is 0.347 e. The molecule has 2 N–H and O–H groups in total. The molecule has 0 saturated heterocycles. The van der Waals surface area contributed by atoms with Crippen LogP contribution in [0.1, 0.15) is 29.5 Å². The summed E-state index contributed by atoms with van der Waals surface area (Å²) in [6.45, 7) is 0.315. The number of aromatic nitrogens is 1. The van der Waals surface area contributed by atoms with Crippen molar-refractivity contribution in [2.24, 2.45) is 0 Å². The molecule has 1 unspecified atom stereocenters. The van der Waals surface area contributed by atoms with Gasteiger partial charge < -0.3 is 10.6 Å². The molecule has 1 aromatic heterocycles. The van der Waals surface area contributed by atoms with Crippen LogP contribution in [-0.4, -0.2) is 24.5 Å². The van der Waals surface area contributed by atoms with Crippen molar-refractivity contribution < 1.29 is 9.18 Å². The van der Waals surface area contributed by atoms with Gasteiger partial charge in [0.05, 0.1) is 23.2 Å². The average Bonchev–Trinajstić information content (AvgIpc) is 2.93. The van der Waals surface area contributed by atoms with Gasteiger partial charge in [-0.05, 0) is 50.6 Å². The summed E-state index contributed by atoms with van der Waals surface area (Å²) >= 11 is 1.59. The number of likely N-dealkylation sites (N-methyl/N-ethyl adjacent to an activating group) is 1. The Labute approximate surface area is 132 Å². The smallest absolute Gasteiger partial charge is 0.234 e. The third-order valence-corrected chi connectivity index (χ3v) is 4.97. The Kier molecular flexibility index (Phi) is 4.49. The SMILES string of the molecule is CNCC(=O)NC1CCCc2nc(-c3ccc(F)cc3)sc21. The third-order valence-electron chi connectivity index (χ3n) is 3.71. The van der Waals surface area contributed by atoms with E-state index >= 15 is 0 Å². The van der Waals surface area contributed by atoms with E-state index in [1.807, 2.05) is 0 Å². The number of halogens is 1. The van der Waals surface area contributed by atoms with Crippen LogP contribution >= 0.6 is 11.3 Å². The zero-order valence-corrected chi connectivity index (χ0v) is 13.2. The molecule has 0 fully saturated rings. The number of nitrogens with zero attached hydrogens (tertiary/aromatic N) is 1. The molecule has 1 aromatic carbocycles. The Morgan fingerprint density at radius 3 is 2.91 bits per heavy atom. The quantitative estimate of drug-likeness (QED) is 0.911. The highest BCUT2D eigenvalue weighted by Gasteiger charge is 2.26. The highest BCUT2D eigenvalue weighted by Crippen LogP contribution is 2.37. The van der Waals surface area contributed by atoms with Crippen LogP contribution in [-0.2, 0) is 11.2 Å². The number of fused-ring (bicyclic) bond motifs is 1. The fraction of sp³-hybridized carbons (Fsp3) is 0.375. The van der Waals surface area contributed by atoms with Gasteiger partial charge in [-0.25, -0.2) is 9.37 Å². The first-order valence-corrected chi connectivity index (χ1v) is 8.18. The molecule has 1 aliphatic carbocycles. The van der Waals surface area contributed by atoms with Crippen molar-refractivity contribution in [1.82, 2.24) is 15.6 Å². The standard InChI is InChI=1S/C16H18FN3OS/c1-18-9-14(21)19-12-3-2-4-13-15(12)22-16(20-13)10-5-7-11(17)8-6-10/h5-8,12,18H,2-4,9H2,1H3,(H,19,21). The molecule has 0 aliphatic heterocycles. The van der Waals surface area contributed by atoms with Gasteiger partial charge in [0, 0.05) is 5.56 Å². The maximum Gasteiger partial charge on any atom is 0.234 e. The van der Waals surface area contributed by atoms with Gasteiger partial charge in [-0.2, -0.15) is 0 Å². The second kappa shape index (κ2) is 6.54. The summed E-state index contributed by atoms with van der Waals surface area (Å²) in [6, 6.07) is 6.42. The minimum Gasteiger partial charge on any atom is -0.347 e. The summed E-state index contributed by atoms with van der Waals surface area (Å²) in [4.78, 5) is 17.6. The second-order valence-corrected chi connectivity index (χ2v) is 6.41. The summed E-state index contributed by atoms with van der Waals surface area (Å²) in [6.07, 6.45) is 2.89. The number of aryl methyl sites for hydroxylation is 1. The van der Waals surface area contributed by atoms with Gasteiger partial charge >= 0.3 is 0 Å². The molecule has 4 nitrogen and oxygen atoms in total. The van der Waals surface area contributed by atoms with E-state index in [2.05, 4.69) is 15.6 Å². The van der Waals surface area contributed by atoms with E-state index in [-0.39, 0.29) is 17.8 Å². The van der Waals surface area contributed by atoms with Crippen LogP contribution in [0.3, 0.4) is 0 Å². The predicted octanol–water partition coefficient (Wildman–Crippen LogP) is 2.66. The van der Waals surface area contributed by atoms with Crippen LogP contribution < -0.4 is 10.6 Å². The first-order chi connectivity index (χ1) is 10.7. The molecular formula is C16H18FN3OS. The van der Waals surface area contributed by atoms with Gasteiger partial charge in [0.2, 0.25) is 5.91 Å². The minimum atomic E-state index is -0.248. The zero-order chi connectivity index (χ0) is 15.5. The average molecular weight is 319 g/mol. The Morgan fingerprint density at radius 1 is 1.41 bits per heavy atom. The predicted molar refractivity (Wildman–Crippen MR) is 85.3 cm³/mol. The molecule has 1 heterocycles. The number of hydrogen-bond acceptors (Lipinski definition) is 4. The van der Waals surface area contributed by atoms with Gasteiger partial charge in [0.25, 0.3) is 0 Å². The topological polar surface area (TPSA) is 54.0 Å². The fourth-order valence-electron chi connectivity index (χ4n) is 2.68. The van der Waals surface area contributed by atoms with Crippen molar-refractivity contribution >= 4 is 17.2 Å². The Balaban J connectivity index is 1.85. The maximum atomic E-state index is 13.0. The maximum absolute atomic E-state index is 13.0. The third kappa shape index (κ3) is 3.18. The van der Waals surface area contributed by atoms with Gasteiger partial charge in [0.15, 0.2) is 0 Å². The Bertz CT molecular complexity index is 669. The summed E-state index contributed by atoms with van der Waals surface area (Å²) in [5, 5.41) is 6.81. The number of carbonyl (C=O) groups is 1. The van der Waals surface area contributed by atoms with E-state index < -0.39 is 0 Å². The normalized spacial score (nSPS) is 17.1. The lowest BCUT2D eigenvalue weighted by Gasteiger charge is -2.22. The van der Waals surface area contributed by atoms with Crippen LogP contribution in [0.2, 0.25) is 0 Å². The number of benzene rings is 1. The highest BCUT2D eigenvalue weighted by atomic mass is 32.1. The number of carbonyl (C=O) groups excluding carboxylic acids is 1. The molecule has 116 valence electrons. The lowest BCUT2D eigenvalue weighted by atomic mass is 9.98. The molecule has 0 radical (unpaired) electrons. The van der Waals surface area contributed by atoms with Gasteiger partial charge in [-0.1, -0.05) is 0 Å². The summed E-state index contributed by atoms with van der Waals surface area (Å²) in [5.74, 6) is -0.251. The van der Waals surface area contributed by atoms with Gasteiger partial charge in [0.1, 0.15) is 10.8 Å². The molecule has 3 rings (SSSR count). The number of thiazole rings is 1. The molecule has 1 aliphatic rings. The lowest BCUT2D eigenvalue weighted by molar-refractivity contribution is -0.121. The second-order valence-electron chi connectivity index (χ2n) is 5.38. The Hall–Kier alpha value is -1.79. The van der Waals surface area contributed by atoms with Crippen molar-refractivity contribution in [1.29, 1.82) is 0 Å². The van der Waals surface area contributed by atoms with Gasteiger partial charge in [-0.3, -0.25) is 4.79 Å². The number of amides is 1. The summed E-state index contributed by atoms with van der Waals surface area (Å²) < 4.78 is 13.0. The first kappa shape index (κ1) is 15.1. The molecule has 1 amide bonds. The highest BCUT2D eigenvalue weighted by molar-refractivity contribution is 7.15. The van der Waals surface area contributed by atoms with Crippen LogP contribution in [0.15, 0.2) is 24.3 Å². The zero-order valence-electron chi connectivity index (χ0n) is 12.4. The summed E-state index contributed by atoms with van der Waals surface area (Å²) in [7, 11) is 1.76. The number of nitrogens with one attached hydrogen (secondary N) is 2. The van der Waals surface area contributed by atoms with Crippen molar-refractivity contribution in [3.63, 3.8) is 0 Å². The van der Waals surface area contributed by atoms with E-state index in [1.165, 1.54) is 12.1 Å². The van der Waals surface area contributed by atoms with E-state index in [1.54, 1.807) is 30.5 Å². The first-order valence-electron chi connectivity index (χ1n) is 7.37. The van der Waals surface area contributed by atoms with E-state index in [0.29, 0.717) is 6.54 Å². The minimum absolute atomic E-state index is 0.00270. The number of hydrogen-bond donors (Lipinski definition) is 2. The van der Waals surface area contributed by atoms with Crippen LogP contribution in [0.25, 0.3) is 10.6 Å². The van der Waals surface area contributed by atoms with Crippen LogP contribution in [0.5, 0.6) is 0 Å². The van der Waals surface area contributed by atoms with Crippen molar-refractivity contribution in [3.05, 3.63) is 40.7 Å². The van der Waals surface area contributed by atoms with E-state index in [9.17, 15) is 9.18 Å². The van der Waals surface area contributed by atoms with E-state index in [4.69, 9.17) is 0 Å². The Morgan fingerprint density at radius 2 is 2.18 bits per heavy atom. The monoisotopic (exact) mass is 319 g/mol. The van der Waals surface area contributed by atoms with Crippen molar-refractivity contribution in [2.75, 3.05) is 13.6 Å². The van der Waals surface area contributed by atoms with Gasteiger partial charge in [-0.15, -0.1) is 11.3 Å².